The first kappa shape index (κ1) is 15.3. The molecule has 0 unspecified atom stereocenters. The van der Waals surface area contributed by atoms with Crippen molar-refractivity contribution in [3.8, 4) is 11.4 Å². The maximum absolute atomic E-state index is 10.9. The van der Waals surface area contributed by atoms with Gasteiger partial charge in [0.2, 0.25) is 0 Å². The quantitative estimate of drug-likeness (QED) is 0.322. The van der Waals surface area contributed by atoms with Crippen molar-refractivity contribution >= 4 is 28.5 Å². The van der Waals surface area contributed by atoms with Crippen molar-refractivity contribution in [1.82, 2.24) is 25.1 Å². The Morgan fingerprint density at radius 1 is 1.12 bits per heavy atom. The van der Waals surface area contributed by atoms with Crippen molar-refractivity contribution in [2.75, 3.05) is 0 Å². The molecule has 0 saturated carbocycles. The van der Waals surface area contributed by atoms with Gasteiger partial charge in [-0.1, -0.05) is 36.0 Å². The van der Waals surface area contributed by atoms with E-state index in [1.165, 1.54) is 23.9 Å². The van der Waals surface area contributed by atoms with Gasteiger partial charge in [-0.15, -0.1) is 0 Å². The number of benzene rings is 2. The van der Waals surface area contributed by atoms with E-state index in [0.29, 0.717) is 23.0 Å². The number of fused-ring (bicyclic) bond motifs is 1. The summed E-state index contributed by atoms with van der Waals surface area (Å²) >= 11 is 1.51. The zero-order valence-corrected chi connectivity index (χ0v) is 13.7. The third-order valence-corrected chi connectivity index (χ3v) is 4.44. The topological polar surface area (TPSA) is 113 Å². The molecule has 0 atom stereocenters. The predicted octanol–water partition coefficient (Wildman–Crippen LogP) is 3.55. The summed E-state index contributed by atoms with van der Waals surface area (Å²) in [4.78, 5) is 22.6. The van der Waals surface area contributed by atoms with E-state index < -0.39 is 4.92 Å². The monoisotopic (exact) mass is 352 g/mol. The molecule has 124 valence electrons. The average molecular weight is 352 g/mol. The Morgan fingerprint density at radius 2 is 2.00 bits per heavy atom. The first-order chi connectivity index (χ1) is 12.2. The maximum Gasteiger partial charge on any atom is 0.270 e. The summed E-state index contributed by atoms with van der Waals surface area (Å²) in [6.45, 7) is 0. The standard InChI is InChI=1S/C16H12N6O2S/c23-22(24)11-5-3-4-10(8-11)15-19-14(20-21-15)9-25-16-17-12-6-1-2-7-13(12)18-16/h1-8H,9H2,(H,17,18)(H,19,20,21). The van der Waals surface area contributed by atoms with Gasteiger partial charge in [0.25, 0.3) is 5.69 Å². The summed E-state index contributed by atoms with van der Waals surface area (Å²) < 4.78 is 0. The van der Waals surface area contributed by atoms with Gasteiger partial charge in [0, 0.05) is 17.7 Å². The number of hydrogen-bond acceptors (Lipinski definition) is 6. The molecule has 0 bridgehead atoms. The molecule has 9 heteroatoms. The van der Waals surface area contributed by atoms with Gasteiger partial charge in [0.05, 0.1) is 21.7 Å². The first-order valence-corrected chi connectivity index (χ1v) is 8.41. The molecule has 2 heterocycles. The van der Waals surface area contributed by atoms with E-state index in [4.69, 9.17) is 0 Å². The summed E-state index contributed by atoms with van der Waals surface area (Å²) in [6, 6.07) is 14.1. The highest BCUT2D eigenvalue weighted by molar-refractivity contribution is 7.98. The van der Waals surface area contributed by atoms with E-state index >= 15 is 0 Å². The van der Waals surface area contributed by atoms with E-state index in [2.05, 4.69) is 25.1 Å². The Morgan fingerprint density at radius 3 is 2.84 bits per heavy atom. The lowest BCUT2D eigenvalue weighted by atomic mass is 10.2. The number of nitro groups is 1. The minimum Gasteiger partial charge on any atom is -0.333 e. The lowest BCUT2D eigenvalue weighted by Gasteiger charge is -1.95. The number of H-pyrrole nitrogens is 2. The van der Waals surface area contributed by atoms with E-state index in [1.54, 1.807) is 12.1 Å². The van der Waals surface area contributed by atoms with Crippen LogP contribution in [0.15, 0.2) is 53.7 Å². The number of imidazole rings is 1. The second-order valence-corrected chi connectivity index (χ2v) is 6.22. The molecule has 8 nitrogen and oxygen atoms in total. The number of rotatable bonds is 5. The molecule has 0 amide bonds. The molecule has 4 aromatic rings. The van der Waals surface area contributed by atoms with Gasteiger partial charge in [-0.3, -0.25) is 15.2 Å². The number of nitro benzene ring substituents is 1. The van der Waals surface area contributed by atoms with Gasteiger partial charge in [-0.2, -0.15) is 5.10 Å². The van der Waals surface area contributed by atoms with Crippen molar-refractivity contribution in [3.05, 3.63) is 64.5 Å². The van der Waals surface area contributed by atoms with Crippen molar-refractivity contribution in [2.24, 2.45) is 0 Å². The van der Waals surface area contributed by atoms with E-state index in [9.17, 15) is 10.1 Å². The van der Waals surface area contributed by atoms with Crippen molar-refractivity contribution in [2.45, 2.75) is 10.9 Å². The van der Waals surface area contributed by atoms with Gasteiger partial charge in [-0.05, 0) is 12.1 Å². The lowest BCUT2D eigenvalue weighted by molar-refractivity contribution is -0.384. The van der Waals surface area contributed by atoms with Crippen LogP contribution < -0.4 is 0 Å². The minimum absolute atomic E-state index is 0.0144. The molecule has 0 fully saturated rings. The smallest absolute Gasteiger partial charge is 0.270 e. The zero-order valence-electron chi connectivity index (χ0n) is 12.8. The minimum atomic E-state index is -0.436. The molecule has 2 aromatic carbocycles. The van der Waals surface area contributed by atoms with Gasteiger partial charge >= 0.3 is 0 Å². The van der Waals surface area contributed by atoms with Gasteiger partial charge in [0.15, 0.2) is 11.0 Å². The van der Waals surface area contributed by atoms with Crippen molar-refractivity contribution in [1.29, 1.82) is 0 Å². The molecular formula is C16H12N6O2S. The number of aromatic amines is 2. The number of aromatic nitrogens is 5. The molecule has 0 radical (unpaired) electrons. The Kier molecular flexibility index (Phi) is 3.90. The van der Waals surface area contributed by atoms with Crippen molar-refractivity contribution < 1.29 is 4.92 Å². The van der Waals surface area contributed by atoms with Crippen LogP contribution in [0.4, 0.5) is 5.69 Å². The molecule has 0 aliphatic rings. The normalized spacial score (nSPS) is 11.0. The summed E-state index contributed by atoms with van der Waals surface area (Å²) in [6.07, 6.45) is 0. The molecule has 0 saturated heterocycles. The van der Waals surface area contributed by atoms with Gasteiger partial charge < -0.3 is 4.98 Å². The van der Waals surface area contributed by atoms with Crippen LogP contribution in [0, 0.1) is 10.1 Å². The van der Waals surface area contributed by atoms with E-state index in [-0.39, 0.29) is 5.69 Å². The molecular weight excluding hydrogens is 340 g/mol. The fourth-order valence-electron chi connectivity index (χ4n) is 2.38. The number of para-hydroxylation sites is 2. The van der Waals surface area contributed by atoms with Gasteiger partial charge in [0.1, 0.15) is 5.82 Å². The number of thioether (sulfide) groups is 1. The maximum atomic E-state index is 10.9. The third-order valence-electron chi connectivity index (χ3n) is 3.56. The highest BCUT2D eigenvalue weighted by Crippen LogP contribution is 2.24. The fraction of sp³-hybridized carbons (Fsp3) is 0.0625. The highest BCUT2D eigenvalue weighted by Gasteiger charge is 2.12. The van der Waals surface area contributed by atoms with Crippen LogP contribution in [-0.2, 0) is 5.75 Å². The molecule has 2 N–H and O–H groups in total. The number of nitrogens with one attached hydrogen (secondary N) is 2. The number of hydrogen-bond donors (Lipinski definition) is 2. The van der Waals surface area contributed by atoms with Crippen LogP contribution in [0.3, 0.4) is 0 Å². The second kappa shape index (κ2) is 6.36. The SMILES string of the molecule is O=[N+]([O-])c1cccc(-c2n[nH]c(CSc3nc4ccccc4[nH]3)n2)c1. The molecule has 0 aliphatic heterocycles. The molecule has 0 aliphatic carbocycles. The summed E-state index contributed by atoms with van der Waals surface area (Å²) in [7, 11) is 0. The van der Waals surface area contributed by atoms with Crippen LogP contribution >= 0.6 is 11.8 Å². The summed E-state index contributed by atoms with van der Waals surface area (Å²) in [5.74, 6) is 1.66. The number of nitrogens with zero attached hydrogens (tertiary/aromatic N) is 4. The molecule has 4 rings (SSSR count). The zero-order chi connectivity index (χ0) is 17.2. The summed E-state index contributed by atoms with van der Waals surface area (Å²) in [5.41, 5.74) is 2.52. The van der Waals surface area contributed by atoms with Crippen LogP contribution in [-0.4, -0.2) is 30.1 Å². The molecule has 0 spiro atoms. The lowest BCUT2D eigenvalue weighted by Crippen LogP contribution is -1.89. The second-order valence-electron chi connectivity index (χ2n) is 5.26. The summed E-state index contributed by atoms with van der Waals surface area (Å²) in [5, 5.41) is 18.7. The predicted molar refractivity (Wildman–Crippen MR) is 94.1 cm³/mol. The third kappa shape index (κ3) is 3.22. The first-order valence-electron chi connectivity index (χ1n) is 7.43. The van der Waals surface area contributed by atoms with E-state index in [0.717, 1.165) is 16.2 Å². The number of non-ortho nitro benzene ring substituents is 1. The van der Waals surface area contributed by atoms with Crippen molar-refractivity contribution in [3.63, 3.8) is 0 Å². The average Bonchev–Trinajstić information content (AvgIpc) is 3.26. The van der Waals surface area contributed by atoms with Crippen LogP contribution in [0.5, 0.6) is 0 Å². The largest absolute Gasteiger partial charge is 0.333 e. The van der Waals surface area contributed by atoms with Crippen LogP contribution in [0.2, 0.25) is 0 Å². The Bertz CT molecular complexity index is 1020. The van der Waals surface area contributed by atoms with Crippen LogP contribution in [0.25, 0.3) is 22.4 Å². The van der Waals surface area contributed by atoms with Crippen LogP contribution in [0.1, 0.15) is 5.82 Å². The Labute approximate surface area is 145 Å². The fourth-order valence-corrected chi connectivity index (χ4v) is 3.13. The molecule has 25 heavy (non-hydrogen) atoms. The Hall–Kier alpha value is -3.20. The van der Waals surface area contributed by atoms with E-state index in [1.807, 2.05) is 24.3 Å². The Balaban J connectivity index is 1.49. The van der Waals surface area contributed by atoms with Gasteiger partial charge in [-0.25, -0.2) is 9.97 Å². The molecule has 2 aromatic heterocycles. The highest BCUT2D eigenvalue weighted by atomic mass is 32.2.